The van der Waals surface area contributed by atoms with Crippen molar-refractivity contribution >= 4 is 11.6 Å². The number of aryl methyl sites for hydroxylation is 3. The number of nitrogens with zero attached hydrogens (tertiary/aromatic N) is 4. The van der Waals surface area contributed by atoms with Crippen LogP contribution in [0.2, 0.25) is 0 Å². The standard InChI is InChI=1S/C19H21N5O/c1-11-6-7-20-15(8-11)18(14-4-5-14)22-19(25)16-10-13(3)24-17(21-16)9-12(2)23-24/h6-10,14,18H,4-5H2,1-3H3,(H,22,25)/t18-/m0/s1. The molecule has 1 amide bonds. The molecule has 1 atom stereocenters. The molecule has 1 N–H and O–H groups in total. The number of rotatable bonds is 4. The van der Waals surface area contributed by atoms with Gasteiger partial charge in [0.2, 0.25) is 0 Å². The predicted octanol–water partition coefficient (Wildman–Crippen LogP) is 2.93. The van der Waals surface area contributed by atoms with Crippen molar-refractivity contribution in [2.75, 3.05) is 0 Å². The monoisotopic (exact) mass is 335 g/mol. The number of aromatic nitrogens is 4. The Morgan fingerprint density at radius 1 is 1.24 bits per heavy atom. The zero-order chi connectivity index (χ0) is 17.6. The number of fused-ring (bicyclic) bond motifs is 1. The lowest BCUT2D eigenvalue weighted by Crippen LogP contribution is -2.31. The second-order valence-electron chi connectivity index (χ2n) is 6.89. The van der Waals surface area contributed by atoms with E-state index in [2.05, 4.69) is 20.4 Å². The van der Waals surface area contributed by atoms with Gasteiger partial charge in [-0.3, -0.25) is 9.78 Å². The number of hydrogen-bond donors (Lipinski definition) is 1. The van der Waals surface area contributed by atoms with Gasteiger partial charge in [0.05, 0.1) is 17.4 Å². The van der Waals surface area contributed by atoms with E-state index in [1.807, 2.05) is 39.0 Å². The average Bonchev–Trinajstić information content (AvgIpc) is 3.33. The molecular formula is C19H21N5O. The van der Waals surface area contributed by atoms with Crippen LogP contribution in [-0.4, -0.2) is 25.5 Å². The van der Waals surface area contributed by atoms with Gasteiger partial charge < -0.3 is 5.32 Å². The quantitative estimate of drug-likeness (QED) is 0.796. The summed E-state index contributed by atoms with van der Waals surface area (Å²) in [6, 6.07) is 7.62. The van der Waals surface area contributed by atoms with Crippen LogP contribution in [0.4, 0.5) is 0 Å². The van der Waals surface area contributed by atoms with E-state index < -0.39 is 0 Å². The maximum absolute atomic E-state index is 12.8. The van der Waals surface area contributed by atoms with Gasteiger partial charge in [0, 0.05) is 18.0 Å². The highest BCUT2D eigenvalue weighted by molar-refractivity contribution is 5.93. The van der Waals surface area contributed by atoms with E-state index in [9.17, 15) is 4.79 Å². The van der Waals surface area contributed by atoms with Crippen molar-refractivity contribution in [1.29, 1.82) is 0 Å². The molecule has 25 heavy (non-hydrogen) atoms. The predicted molar refractivity (Wildman–Crippen MR) is 94.4 cm³/mol. The lowest BCUT2D eigenvalue weighted by Gasteiger charge is -2.18. The Morgan fingerprint density at radius 3 is 2.76 bits per heavy atom. The van der Waals surface area contributed by atoms with Crippen molar-refractivity contribution in [1.82, 2.24) is 24.9 Å². The molecular weight excluding hydrogens is 314 g/mol. The molecule has 0 spiro atoms. The van der Waals surface area contributed by atoms with Crippen LogP contribution >= 0.6 is 0 Å². The molecule has 0 aromatic carbocycles. The molecule has 128 valence electrons. The lowest BCUT2D eigenvalue weighted by atomic mass is 10.1. The van der Waals surface area contributed by atoms with Crippen LogP contribution in [0.25, 0.3) is 5.65 Å². The van der Waals surface area contributed by atoms with E-state index in [1.165, 1.54) is 0 Å². The first kappa shape index (κ1) is 15.7. The number of nitrogens with one attached hydrogen (secondary N) is 1. The Kier molecular flexibility index (Phi) is 3.75. The third-order valence-electron chi connectivity index (χ3n) is 4.60. The molecule has 6 heteroatoms. The van der Waals surface area contributed by atoms with Gasteiger partial charge in [-0.15, -0.1) is 0 Å². The molecule has 0 radical (unpaired) electrons. The number of pyridine rings is 1. The van der Waals surface area contributed by atoms with Crippen molar-refractivity contribution in [3.8, 4) is 0 Å². The molecule has 1 aliphatic carbocycles. The van der Waals surface area contributed by atoms with Gasteiger partial charge in [-0.1, -0.05) is 0 Å². The third-order valence-corrected chi connectivity index (χ3v) is 4.60. The average molecular weight is 335 g/mol. The van der Waals surface area contributed by atoms with Gasteiger partial charge in [0.25, 0.3) is 5.91 Å². The summed E-state index contributed by atoms with van der Waals surface area (Å²) in [5.74, 6) is 0.296. The first-order valence-electron chi connectivity index (χ1n) is 8.59. The molecule has 1 aliphatic rings. The Balaban J connectivity index is 1.63. The van der Waals surface area contributed by atoms with E-state index in [0.717, 1.165) is 35.5 Å². The first-order valence-corrected chi connectivity index (χ1v) is 8.59. The smallest absolute Gasteiger partial charge is 0.270 e. The number of hydrogen-bond acceptors (Lipinski definition) is 4. The molecule has 6 nitrogen and oxygen atoms in total. The van der Waals surface area contributed by atoms with Gasteiger partial charge in [-0.25, -0.2) is 9.50 Å². The first-order chi connectivity index (χ1) is 12.0. The fourth-order valence-corrected chi connectivity index (χ4v) is 3.16. The largest absolute Gasteiger partial charge is 0.342 e. The van der Waals surface area contributed by atoms with Crippen LogP contribution in [0.1, 0.15) is 52.0 Å². The van der Waals surface area contributed by atoms with E-state index >= 15 is 0 Å². The highest BCUT2D eigenvalue weighted by Gasteiger charge is 2.34. The van der Waals surface area contributed by atoms with E-state index in [-0.39, 0.29) is 11.9 Å². The Labute approximate surface area is 146 Å². The van der Waals surface area contributed by atoms with Crippen molar-refractivity contribution < 1.29 is 4.79 Å². The second-order valence-corrected chi connectivity index (χ2v) is 6.89. The summed E-state index contributed by atoms with van der Waals surface area (Å²) in [6.45, 7) is 5.89. The summed E-state index contributed by atoms with van der Waals surface area (Å²) in [4.78, 5) is 21.8. The fraction of sp³-hybridized carbons (Fsp3) is 0.368. The SMILES string of the molecule is Cc1ccnc([C@@H](NC(=O)c2cc(C)n3nc(C)cc3n2)C2CC2)c1. The van der Waals surface area contributed by atoms with Crippen molar-refractivity contribution in [2.45, 2.75) is 39.7 Å². The molecule has 1 fully saturated rings. The van der Waals surface area contributed by atoms with Crippen LogP contribution in [0.3, 0.4) is 0 Å². The van der Waals surface area contributed by atoms with Crippen LogP contribution in [0.15, 0.2) is 30.5 Å². The van der Waals surface area contributed by atoms with Crippen LogP contribution < -0.4 is 5.32 Å². The molecule has 0 aliphatic heterocycles. The van der Waals surface area contributed by atoms with Crippen LogP contribution in [-0.2, 0) is 0 Å². The summed E-state index contributed by atoms with van der Waals surface area (Å²) in [6.07, 6.45) is 4.04. The summed E-state index contributed by atoms with van der Waals surface area (Å²) in [7, 11) is 0. The molecule has 0 bridgehead atoms. The van der Waals surface area contributed by atoms with E-state index in [0.29, 0.717) is 17.3 Å². The Bertz CT molecular complexity index is 958. The van der Waals surface area contributed by atoms with Crippen LogP contribution in [0, 0.1) is 26.7 Å². The minimum Gasteiger partial charge on any atom is -0.342 e. The number of carbonyl (C=O) groups is 1. The zero-order valence-electron chi connectivity index (χ0n) is 14.7. The maximum Gasteiger partial charge on any atom is 0.270 e. The second kappa shape index (κ2) is 5.95. The van der Waals surface area contributed by atoms with Crippen molar-refractivity contribution in [2.24, 2.45) is 5.92 Å². The Hall–Kier alpha value is -2.76. The van der Waals surface area contributed by atoms with Gasteiger partial charge in [-0.2, -0.15) is 5.10 Å². The van der Waals surface area contributed by atoms with Crippen molar-refractivity contribution in [3.63, 3.8) is 0 Å². The van der Waals surface area contributed by atoms with Gasteiger partial charge in [0.1, 0.15) is 5.69 Å². The number of amides is 1. The van der Waals surface area contributed by atoms with E-state index in [4.69, 9.17) is 0 Å². The summed E-state index contributed by atoms with van der Waals surface area (Å²) >= 11 is 0. The van der Waals surface area contributed by atoms with Gasteiger partial charge >= 0.3 is 0 Å². The van der Waals surface area contributed by atoms with Crippen LogP contribution in [0.5, 0.6) is 0 Å². The maximum atomic E-state index is 12.8. The van der Waals surface area contributed by atoms with Crippen molar-refractivity contribution in [3.05, 3.63) is 58.8 Å². The molecule has 0 unspecified atom stereocenters. The third kappa shape index (κ3) is 3.12. The molecule has 3 aromatic heterocycles. The van der Waals surface area contributed by atoms with E-state index in [1.54, 1.807) is 16.8 Å². The van der Waals surface area contributed by atoms with Gasteiger partial charge in [-0.05, 0) is 63.3 Å². The molecule has 0 saturated heterocycles. The summed E-state index contributed by atoms with van der Waals surface area (Å²) in [5, 5.41) is 7.53. The Morgan fingerprint density at radius 2 is 2.04 bits per heavy atom. The number of carbonyl (C=O) groups excluding carboxylic acids is 1. The van der Waals surface area contributed by atoms with Gasteiger partial charge in [0.15, 0.2) is 5.65 Å². The highest BCUT2D eigenvalue weighted by Crippen LogP contribution is 2.40. The zero-order valence-corrected chi connectivity index (χ0v) is 14.7. The molecule has 1 saturated carbocycles. The topological polar surface area (TPSA) is 72.2 Å². The minimum atomic E-state index is -0.162. The highest BCUT2D eigenvalue weighted by atomic mass is 16.2. The summed E-state index contributed by atoms with van der Waals surface area (Å²) < 4.78 is 1.76. The molecule has 3 aromatic rings. The fourth-order valence-electron chi connectivity index (χ4n) is 3.16. The lowest BCUT2D eigenvalue weighted by molar-refractivity contribution is 0.0925. The minimum absolute atomic E-state index is 0.0580. The normalized spacial score (nSPS) is 15.3. The molecule has 4 rings (SSSR count). The summed E-state index contributed by atoms with van der Waals surface area (Å²) in [5.41, 5.74) is 4.96. The molecule has 3 heterocycles.